The number of benzene rings is 1. The lowest BCUT2D eigenvalue weighted by molar-refractivity contribution is -0.151. The maximum Gasteiger partial charge on any atom is 0.269 e. The van der Waals surface area contributed by atoms with Crippen LogP contribution in [0.1, 0.15) is 30.7 Å². The summed E-state index contributed by atoms with van der Waals surface area (Å²) in [6, 6.07) is 10.5. The third-order valence-corrected chi connectivity index (χ3v) is 8.33. The second kappa shape index (κ2) is 7.51. The number of hydrogen-bond donors (Lipinski definition) is 0. The molecule has 8 nitrogen and oxygen atoms in total. The highest BCUT2D eigenvalue weighted by molar-refractivity contribution is 7.90. The Hall–Kier alpha value is -3.01. The van der Waals surface area contributed by atoms with Crippen molar-refractivity contribution in [2.24, 2.45) is 7.05 Å². The topological polar surface area (TPSA) is 88.2 Å². The van der Waals surface area contributed by atoms with E-state index in [1.807, 2.05) is 13.2 Å². The lowest BCUT2D eigenvalue weighted by Crippen LogP contribution is -2.25. The summed E-state index contributed by atoms with van der Waals surface area (Å²) in [5.74, 6) is -0.232. The van der Waals surface area contributed by atoms with Crippen LogP contribution in [0.4, 0.5) is 0 Å². The van der Waals surface area contributed by atoms with Crippen LogP contribution in [0.2, 0.25) is 0 Å². The zero-order valence-corrected chi connectivity index (χ0v) is 19.0. The van der Waals surface area contributed by atoms with Crippen molar-refractivity contribution in [3.05, 3.63) is 66.7 Å². The van der Waals surface area contributed by atoms with Gasteiger partial charge < -0.3 is 9.47 Å². The van der Waals surface area contributed by atoms with Crippen LogP contribution in [-0.2, 0) is 26.5 Å². The molecule has 0 bridgehead atoms. The molecule has 170 valence electrons. The molecular formula is C24H24N4O4S. The summed E-state index contributed by atoms with van der Waals surface area (Å²) in [5, 5.41) is 5.07. The molecule has 33 heavy (non-hydrogen) atoms. The zero-order valence-electron chi connectivity index (χ0n) is 18.2. The van der Waals surface area contributed by atoms with E-state index in [-0.39, 0.29) is 10.8 Å². The molecule has 1 saturated heterocycles. The van der Waals surface area contributed by atoms with Gasteiger partial charge in [-0.1, -0.05) is 18.2 Å². The molecule has 1 aliphatic heterocycles. The third-order valence-electron chi connectivity index (χ3n) is 6.67. The highest BCUT2D eigenvalue weighted by Gasteiger charge is 2.44. The van der Waals surface area contributed by atoms with Crippen molar-refractivity contribution >= 4 is 21.1 Å². The average Bonchev–Trinajstić information content (AvgIpc) is 3.62. The molecule has 3 aromatic heterocycles. The first-order valence-corrected chi connectivity index (χ1v) is 12.5. The summed E-state index contributed by atoms with van der Waals surface area (Å²) in [6.45, 7) is 1.27. The zero-order chi connectivity index (χ0) is 22.6. The number of aromatic nitrogens is 4. The molecular weight excluding hydrogens is 440 g/mol. The van der Waals surface area contributed by atoms with Crippen molar-refractivity contribution < 1.29 is 17.9 Å². The van der Waals surface area contributed by atoms with E-state index in [0.717, 1.165) is 41.3 Å². The van der Waals surface area contributed by atoms with Crippen LogP contribution in [0.25, 0.3) is 22.2 Å². The smallest absolute Gasteiger partial charge is 0.269 e. The van der Waals surface area contributed by atoms with E-state index < -0.39 is 15.8 Å². The van der Waals surface area contributed by atoms with Crippen molar-refractivity contribution in [1.29, 1.82) is 0 Å². The number of rotatable bonds is 4. The SMILES string of the molecule is Cn1cc(-c2cn(S(=O)(=O)c3ccccc3)c3ncc(C4CCC5(C4)OCCO5)cc23)cn1. The monoisotopic (exact) mass is 464 g/mol. The number of fused-ring (bicyclic) bond motifs is 1. The fourth-order valence-electron chi connectivity index (χ4n) is 5.02. The van der Waals surface area contributed by atoms with Crippen LogP contribution < -0.4 is 0 Å². The predicted molar refractivity (Wildman–Crippen MR) is 122 cm³/mol. The lowest BCUT2D eigenvalue weighted by Gasteiger charge is -2.21. The van der Waals surface area contributed by atoms with Crippen LogP contribution in [0.3, 0.4) is 0 Å². The quantitative estimate of drug-likeness (QED) is 0.458. The van der Waals surface area contributed by atoms with Crippen LogP contribution in [0.5, 0.6) is 0 Å². The fourth-order valence-corrected chi connectivity index (χ4v) is 6.36. The van der Waals surface area contributed by atoms with Crippen molar-refractivity contribution in [2.45, 2.75) is 35.9 Å². The summed E-state index contributed by atoms with van der Waals surface area (Å²) >= 11 is 0. The van der Waals surface area contributed by atoms with Gasteiger partial charge in [0.2, 0.25) is 0 Å². The van der Waals surface area contributed by atoms with Gasteiger partial charge in [0.15, 0.2) is 11.4 Å². The van der Waals surface area contributed by atoms with Gasteiger partial charge >= 0.3 is 0 Å². The average molecular weight is 465 g/mol. The van der Waals surface area contributed by atoms with Crippen molar-refractivity contribution in [2.75, 3.05) is 13.2 Å². The second-order valence-corrected chi connectivity index (χ2v) is 10.6. The minimum Gasteiger partial charge on any atom is -0.348 e. The highest BCUT2D eigenvalue weighted by atomic mass is 32.2. The van der Waals surface area contributed by atoms with Crippen LogP contribution >= 0.6 is 0 Å². The van der Waals surface area contributed by atoms with E-state index in [1.165, 1.54) is 3.97 Å². The van der Waals surface area contributed by atoms with Gasteiger partial charge in [-0.2, -0.15) is 5.10 Å². The molecule has 1 spiro atoms. The number of pyridine rings is 1. The molecule has 1 unspecified atom stereocenters. The fraction of sp³-hybridized carbons (Fsp3) is 0.333. The third kappa shape index (κ3) is 3.38. The number of hydrogen-bond acceptors (Lipinski definition) is 6. The Balaban J connectivity index is 1.49. The first-order chi connectivity index (χ1) is 16.0. The number of ether oxygens (including phenoxy) is 2. The normalized spacial score (nSPS) is 20.2. The standard InChI is InChI=1S/C24H24N4O4S/c1-27-15-19(14-26-27)22-16-28(33(29,30)20-5-3-2-4-6-20)23-21(22)11-18(13-25-23)17-7-8-24(12-17)31-9-10-32-24/h2-6,11,13-17H,7-10,12H2,1H3. The molecule has 1 aliphatic carbocycles. The van der Waals surface area contributed by atoms with E-state index in [9.17, 15) is 8.42 Å². The Labute approximate surface area is 191 Å². The summed E-state index contributed by atoms with van der Waals surface area (Å²) in [7, 11) is -1.97. The summed E-state index contributed by atoms with van der Waals surface area (Å²) in [5.41, 5.74) is 3.10. The van der Waals surface area contributed by atoms with E-state index in [2.05, 4.69) is 16.1 Å². The van der Waals surface area contributed by atoms with E-state index in [1.54, 1.807) is 53.6 Å². The lowest BCUT2D eigenvalue weighted by atomic mass is 9.97. The molecule has 6 rings (SSSR count). The van der Waals surface area contributed by atoms with Gasteiger partial charge in [0, 0.05) is 55.0 Å². The maximum atomic E-state index is 13.5. The van der Waals surface area contributed by atoms with Gasteiger partial charge in [-0.15, -0.1) is 0 Å². The van der Waals surface area contributed by atoms with Crippen molar-refractivity contribution in [3.8, 4) is 11.1 Å². The molecule has 4 aromatic rings. The first kappa shape index (κ1) is 20.6. The van der Waals surface area contributed by atoms with Crippen molar-refractivity contribution in [3.63, 3.8) is 0 Å². The molecule has 1 atom stereocenters. The molecule has 9 heteroatoms. The second-order valence-electron chi connectivity index (χ2n) is 8.75. The summed E-state index contributed by atoms with van der Waals surface area (Å²) in [6.07, 6.45) is 9.65. The number of nitrogens with zero attached hydrogens (tertiary/aromatic N) is 4. The molecule has 1 aromatic carbocycles. The maximum absolute atomic E-state index is 13.5. The van der Waals surface area contributed by atoms with Crippen molar-refractivity contribution in [1.82, 2.24) is 18.7 Å². The molecule has 1 saturated carbocycles. The molecule has 0 amide bonds. The Bertz CT molecular complexity index is 1440. The number of aryl methyl sites for hydroxylation is 1. The Morgan fingerprint density at radius 1 is 1.09 bits per heavy atom. The summed E-state index contributed by atoms with van der Waals surface area (Å²) in [4.78, 5) is 4.88. The van der Waals surface area contributed by atoms with Gasteiger partial charge in [-0.05, 0) is 36.1 Å². The molecule has 0 radical (unpaired) electrons. The van der Waals surface area contributed by atoms with Gasteiger partial charge in [0.1, 0.15) is 0 Å². The van der Waals surface area contributed by atoms with Gasteiger partial charge in [-0.25, -0.2) is 17.4 Å². The predicted octanol–water partition coefficient (Wildman–Crippen LogP) is 3.68. The molecule has 0 N–H and O–H groups in total. The first-order valence-electron chi connectivity index (χ1n) is 11.0. The minimum atomic E-state index is -3.81. The van der Waals surface area contributed by atoms with Crippen LogP contribution in [-0.4, -0.2) is 46.2 Å². The Morgan fingerprint density at radius 3 is 2.61 bits per heavy atom. The molecule has 2 fully saturated rings. The molecule has 4 heterocycles. The van der Waals surface area contributed by atoms with E-state index >= 15 is 0 Å². The molecule has 2 aliphatic rings. The van der Waals surface area contributed by atoms with E-state index in [0.29, 0.717) is 18.9 Å². The van der Waals surface area contributed by atoms with Gasteiger partial charge in [0.05, 0.1) is 24.3 Å². The highest BCUT2D eigenvalue weighted by Crippen LogP contribution is 2.46. The largest absolute Gasteiger partial charge is 0.348 e. The van der Waals surface area contributed by atoms with Crippen LogP contribution in [0, 0.1) is 0 Å². The van der Waals surface area contributed by atoms with E-state index in [4.69, 9.17) is 9.47 Å². The van der Waals surface area contributed by atoms with Gasteiger partial charge in [-0.3, -0.25) is 4.68 Å². The summed E-state index contributed by atoms with van der Waals surface area (Å²) < 4.78 is 41.7. The van der Waals surface area contributed by atoms with Gasteiger partial charge in [0.25, 0.3) is 10.0 Å². The Kier molecular flexibility index (Phi) is 4.69. The minimum absolute atomic E-state index is 0.221. The van der Waals surface area contributed by atoms with Crippen LogP contribution in [0.15, 0.2) is 66.1 Å². The Morgan fingerprint density at radius 2 is 1.88 bits per heavy atom.